The molecule has 0 bridgehead atoms. The average Bonchev–Trinajstić information content (AvgIpc) is 3.26. The number of hydrogen-bond acceptors (Lipinski definition) is 6. The number of rotatable bonds is 6. The summed E-state index contributed by atoms with van der Waals surface area (Å²) in [4.78, 5) is 31.1. The minimum Gasteiger partial charge on any atom is -0.481 e. The summed E-state index contributed by atoms with van der Waals surface area (Å²) in [7, 11) is 1.48. The molecule has 0 saturated carbocycles. The van der Waals surface area contributed by atoms with Crippen molar-refractivity contribution in [2.24, 2.45) is 5.41 Å². The third-order valence-electron chi connectivity index (χ3n) is 4.42. The minimum absolute atomic E-state index is 0.0948. The first-order chi connectivity index (χ1) is 12.0. The summed E-state index contributed by atoms with van der Waals surface area (Å²) >= 11 is 1.51. The second kappa shape index (κ2) is 7.37. The van der Waals surface area contributed by atoms with Gasteiger partial charge in [-0.3, -0.25) is 9.59 Å². The van der Waals surface area contributed by atoms with Crippen molar-refractivity contribution in [1.29, 1.82) is 0 Å². The van der Waals surface area contributed by atoms with Gasteiger partial charge in [-0.25, -0.2) is 4.98 Å². The van der Waals surface area contributed by atoms with Crippen LogP contribution in [0.1, 0.15) is 18.5 Å². The van der Waals surface area contributed by atoms with E-state index in [1.165, 1.54) is 24.7 Å². The standard InChI is InChI=1S/C17H20N2O5S/c1-23-11-17(16(21)22)5-3-6-19(10-17)14(20)8-12-9-24-15(18-12)13-4-2-7-25-13/h2,4,7,9H,3,5-6,8,10-11H2,1H3,(H,21,22). The molecule has 7 nitrogen and oxygen atoms in total. The molecule has 0 aliphatic carbocycles. The molecule has 8 heteroatoms. The molecule has 134 valence electrons. The highest BCUT2D eigenvalue weighted by Crippen LogP contribution is 2.31. The molecule has 3 rings (SSSR count). The van der Waals surface area contributed by atoms with Gasteiger partial charge in [-0.15, -0.1) is 11.3 Å². The van der Waals surface area contributed by atoms with E-state index in [4.69, 9.17) is 9.15 Å². The van der Waals surface area contributed by atoms with Crippen LogP contribution in [0.3, 0.4) is 0 Å². The maximum absolute atomic E-state index is 12.6. The number of oxazole rings is 1. The molecule has 0 aromatic carbocycles. The van der Waals surface area contributed by atoms with Crippen molar-refractivity contribution < 1.29 is 23.8 Å². The van der Waals surface area contributed by atoms with Crippen LogP contribution in [-0.2, 0) is 20.7 Å². The van der Waals surface area contributed by atoms with E-state index in [-0.39, 0.29) is 25.5 Å². The van der Waals surface area contributed by atoms with Crippen LogP contribution in [0.2, 0.25) is 0 Å². The first-order valence-corrected chi connectivity index (χ1v) is 8.90. The highest BCUT2D eigenvalue weighted by atomic mass is 32.1. The zero-order valence-corrected chi connectivity index (χ0v) is 14.8. The quantitative estimate of drug-likeness (QED) is 0.845. The van der Waals surface area contributed by atoms with Gasteiger partial charge >= 0.3 is 5.97 Å². The molecule has 0 spiro atoms. The van der Waals surface area contributed by atoms with Gasteiger partial charge in [-0.1, -0.05) is 6.07 Å². The van der Waals surface area contributed by atoms with Crippen LogP contribution < -0.4 is 0 Å². The van der Waals surface area contributed by atoms with Crippen molar-refractivity contribution >= 4 is 23.2 Å². The number of hydrogen-bond donors (Lipinski definition) is 1. The van der Waals surface area contributed by atoms with Crippen LogP contribution in [0, 0.1) is 5.41 Å². The Labute approximate surface area is 149 Å². The number of likely N-dealkylation sites (tertiary alicyclic amines) is 1. The lowest BCUT2D eigenvalue weighted by atomic mass is 9.80. The van der Waals surface area contributed by atoms with E-state index < -0.39 is 11.4 Å². The highest BCUT2D eigenvalue weighted by molar-refractivity contribution is 7.13. The highest BCUT2D eigenvalue weighted by Gasteiger charge is 2.43. The number of ether oxygens (including phenoxy) is 1. The van der Waals surface area contributed by atoms with Crippen LogP contribution in [0.4, 0.5) is 0 Å². The number of carboxylic acids is 1. The van der Waals surface area contributed by atoms with Gasteiger partial charge in [-0.05, 0) is 24.3 Å². The van der Waals surface area contributed by atoms with Crippen molar-refractivity contribution in [2.45, 2.75) is 19.3 Å². The molecule has 1 fully saturated rings. The monoisotopic (exact) mass is 364 g/mol. The topological polar surface area (TPSA) is 92.9 Å². The first kappa shape index (κ1) is 17.6. The molecule has 1 atom stereocenters. The molecule has 3 heterocycles. The fourth-order valence-corrected chi connectivity index (χ4v) is 3.80. The summed E-state index contributed by atoms with van der Waals surface area (Å²) in [5, 5.41) is 11.5. The predicted molar refractivity (Wildman–Crippen MR) is 91.3 cm³/mol. The molecule has 2 aromatic heterocycles. The number of piperidine rings is 1. The van der Waals surface area contributed by atoms with E-state index in [0.717, 1.165) is 4.88 Å². The van der Waals surface area contributed by atoms with E-state index in [1.54, 1.807) is 4.90 Å². The second-order valence-corrected chi connectivity index (χ2v) is 7.18. The largest absolute Gasteiger partial charge is 0.481 e. The summed E-state index contributed by atoms with van der Waals surface area (Å²) in [5.41, 5.74) is -0.485. The van der Waals surface area contributed by atoms with Crippen molar-refractivity contribution in [2.75, 3.05) is 26.8 Å². The molecule has 1 N–H and O–H groups in total. The van der Waals surface area contributed by atoms with Gasteiger partial charge in [0.05, 0.1) is 23.6 Å². The smallest absolute Gasteiger partial charge is 0.313 e. The summed E-state index contributed by atoms with van der Waals surface area (Å²) in [6.07, 6.45) is 2.72. The minimum atomic E-state index is -1.03. The Kier molecular flexibility index (Phi) is 5.19. The van der Waals surface area contributed by atoms with E-state index in [0.29, 0.717) is 31.0 Å². The molecule has 25 heavy (non-hydrogen) atoms. The zero-order chi connectivity index (χ0) is 17.9. The van der Waals surface area contributed by atoms with Crippen LogP contribution in [0.25, 0.3) is 10.8 Å². The molecule has 1 saturated heterocycles. The fourth-order valence-electron chi connectivity index (χ4n) is 3.14. The van der Waals surface area contributed by atoms with Crippen LogP contribution in [-0.4, -0.2) is 53.7 Å². The van der Waals surface area contributed by atoms with Gasteiger partial charge in [0.25, 0.3) is 0 Å². The van der Waals surface area contributed by atoms with Gasteiger partial charge in [0.1, 0.15) is 11.7 Å². The maximum Gasteiger partial charge on any atom is 0.313 e. The number of thiophene rings is 1. The lowest BCUT2D eigenvalue weighted by molar-refractivity contribution is -0.159. The molecular formula is C17H20N2O5S. The van der Waals surface area contributed by atoms with Crippen molar-refractivity contribution in [1.82, 2.24) is 9.88 Å². The van der Waals surface area contributed by atoms with Gasteiger partial charge in [0, 0.05) is 20.2 Å². The summed E-state index contributed by atoms with van der Waals surface area (Å²) in [6, 6.07) is 3.81. The Balaban J connectivity index is 1.67. The van der Waals surface area contributed by atoms with E-state index in [9.17, 15) is 14.7 Å². The molecule has 1 amide bonds. The SMILES string of the molecule is COCC1(C(=O)O)CCCN(C(=O)Cc2coc(-c3cccs3)n2)C1. The third-order valence-corrected chi connectivity index (χ3v) is 5.28. The number of nitrogens with zero attached hydrogens (tertiary/aromatic N) is 2. The Morgan fingerprint density at radius 1 is 1.52 bits per heavy atom. The first-order valence-electron chi connectivity index (χ1n) is 8.02. The van der Waals surface area contributed by atoms with Gasteiger partial charge in [-0.2, -0.15) is 0 Å². The normalized spacial score (nSPS) is 20.6. The fraction of sp³-hybridized carbons (Fsp3) is 0.471. The molecule has 1 aliphatic rings. The van der Waals surface area contributed by atoms with Crippen LogP contribution in [0.5, 0.6) is 0 Å². The molecule has 1 unspecified atom stereocenters. The maximum atomic E-state index is 12.6. The number of carbonyl (C=O) groups is 2. The second-order valence-electron chi connectivity index (χ2n) is 6.24. The van der Waals surface area contributed by atoms with E-state index in [1.807, 2.05) is 17.5 Å². The Hall–Kier alpha value is -2.19. The van der Waals surface area contributed by atoms with Crippen molar-refractivity contribution in [3.05, 3.63) is 29.5 Å². The van der Waals surface area contributed by atoms with Crippen LogP contribution >= 0.6 is 11.3 Å². The number of aliphatic carboxylic acids is 1. The summed E-state index contributed by atoms with van der Waals surface area (Å²) < 4.78 is 10.5. The third kappa shape index (κ3) is 3.74. The lowest BCUT2D eigenvalue weighted by Crippen LogP contribution is -2.52. The number of carbonyl (C=O) groups excluding carboxylic acids is 1. The van der Waals surface area contributed by atoms with E-state index in [2.05, 4.69) is 4.98 Å². The number of methoxy groups -OCH3 is 1. The summed E-state index contributed by atoms with van der Waals surface area (Å²) in [5.74, 6) is -0.573. The van der Waals surface area contributed by atoms with Crippen molar-refractivity contribution in [3.63, 3.8) is 0 Å². The zero-order valence-electron chi connectivity index (χ0n) is 13.9. The van der Waals surface area contributed by atoms with Gasteiger partial charge in [0.2, 0.25) is 11.8 Å². The molecule has 0 radical (unpaired) electrons. The van der Waals surface area contributed by atoms with Gasteiger partial charge in [0.15, 0.2) is 0 Å². The van der Waals surface area contributed by atoms with Gasteiger partial charge < -0.3 is 19.2 Å². The number of carboxylic acid groups (broad SMARTS) is 1. The Morgan fingerprint density at radius 2 is 2.36 bits per heavy atom. The van der Waals surface area contributed by atoms with Crippen molar-refractivity contribution in [3.8, 4) is 10.8 Å². The average molecular weight is 364 g/mol. The van der Waals surface area contributed by atoms with Crippen LogP contribution in [0.15, 0.2) is 28.2 Å². The molecule has 2 aromatic rings. The Bertz CT molecular complexity index is 738. The molecular weight excluding hydrogens is 344 g/mol. The number of amides is 1. The molecule has 1 aliphatic heterocycles. The number of aromatic nitrogens is 1. The Morgan fingerprint density at radius 3 is 3.04 bits per heavy atom. The summed E-state index contributed by atoms with van der Waals surface area (Å²) in [6.45, 7) is 0.802. The lowest BCUT2D eigenvalue weighted by Gasteiger charge is -2.39. The van der Waals surface area contributed by atoms with E-state index >= 15 is 0 Å². The predicted octanol–water partition coefficient (Wildman–Crippen LogP) is 2.29.